The highest BCUT2D eigenvalue weighted by atomic mass is 16.5. The predicted molar refractivity (Wildman–Crippen MR) is 76.5 cm³/mol. The molecule has 1 saturated heterocycles. The largest absolute Gasteiger partial charge is 0.467 e. The lowest BCUT2D eigenvalue weighted by atomic mass is 10.0. The molecule has 1 atom stereocenters. The molecule has 1 N–H and O–H groups in total. The molecule has 0 saturated carbocycles. The van der Waals surface area contributed by atoms with Gasteiger partial charge in [0.15, 0.2) is 0 Å². The molecule has 7 nitrogen and oxygen atoms in total. The summed E-state index contributed by atoms with van der Waals surface area (Å²) in [4.78, 5) is 37.4. The molecular formula is C15H20N2O5. The van der Waals surface area contributed by atoms with E-state index in [1.807, 2.05) is 0 Å². The van der Waals surface area contributed by atoms with Crippen LogP contribution in [-0.2, 0) is 25.7 Å². The highest BCUT2D eigenvalue weighted by Crippen LogP contribution is 2.21. The molecule has 1 unspecified atom stereocenters. The Kier molecular flexibility index (Phi) is 4.54. The third kappa shape index (κ3) is 3.47. The first kappa shape index (κ1) is 16.1. The van der Waals surface area contributed by atoms with Crippen LogP contribution in [0.4, 0.5) is 0 Å². The van der Waals surface area contributed by atoms with E-state index in [9.17, 15) is 14.4 Å². The fourth-order valence-corrected chi connectivity index (χ4v) is 2.41. The Morgan fingerprint density at radius 2 is 2.23 bits per heavy atom. The van der Waals surface area contributed by atoms with Crippen LogP contribution in [0.1, 0.15) is 26.0 Å². The van der Waals surface area contributed by atoms with Crippen molar-refractivity contribution in [2.75, 3.05) is 13.7 Å². The number of hydrogen-bond acceptors (Lipinski definition) is 5. The van der Waals surface area contributed by atoms with Crippen LogP contribution in [0.5, 0.6) is 0 Å². The fraction of sp³-hybridized carbons (Fsp3) is 0.533. The van der Waals surface area contributed by atoms with Crippen LogP contribution >= 0.6 is 0 Å². The van der Waals surface area contributed by atoms with Gasteiger partial charge in [0.05, 0.1) is 25.8 Å². The molecule has 2 heterocycles. The summed E-state index contributed by atoms with van der Waals surface area (Å²) in [5, 5.41) is 2.63. The number of amides is 2. The second-order valence-electron chi connectivity index (χ2n) is 5.86. The van der Waals surface area contributed by atoms with Crippen molar-refractivity contribution in [2.45, 2.75) is 32.4 Å². The van der Waals surface area contributed by atoms with E-state index in [0.717, 1.165) is 0 Å². The monoisotopic (exact) mass is 308 g/mol. The lowest BCUT2D eigenvalue weighted by Crippen LogP contribution is -2.52. The van der Waals surface area contributed by atoms with Crippen molar-refractivity contribution in [3.63, 3.8) is 0 Å². The normalized spacial score (nSPS) is 18.4. The van der Waals surface area contributed by atoms with Crippen LogP contribution in [0.25, 0.3) is 0 Å². The fourth-order valence-electron chi connectivity index (χ4n) is 2.41. The molecule has 120 valence electrons. The van der Waals surface area contributed by atoms with Gasteiger partial charge in [0, 0.05) is 13.0 Å². The summed E-state index contributed by atoms with van der Waals surface area (Å²) in [5.74, 6) is -0.772. The van der Waals surface area contributed by atoms with E-state index < -0.39 is 17.4 Å². The molecule has 1 aromatic rings. The molecular weight excluding hydrogens is 288 g/mol. The zero-order valence-electron chi connectivity index (χ0n) is 12.9. The maximum absolute atomic E-state index is 12.3. The highest BCUT2D eigenvalue weighted by molar-refractivity contribution is 5.92. The molecule has 1 aliphatic heterocycles. The molecule has 0 aliphatic carbocycles. The van der Waals surface area contributed by atoms with Gasteiger partial charge in [0.2, 0.25) is 11.8 Å². The Bertz CT molecular complexity index is 564. The number of methoxy groups -OCH3 is 1. The summed E-state index contributed by atoms with van der Waals surface area (Å²) >= 11 is 0. The second-order valence-corrected chi connectivity index (χ2v) is 5.86. The van der Waals surface area contributed by atoms with Crippen molar-refractivity contribution in [3.8, 4) is 0 Å². The molecule has 0 aromatic carbocycles. The van der Waals surface area contributed by atoms with Crippen molar-refractivity contribution < 1.29 is 23.5 Å². The SMILES string of the molecule is COC(=O)C(C)(C)NC(=O)C1CC(=O)N(Cc2ccco2)C1. The summed E-state index contributed by atoms with van der Waals surface area (Å²) in [6.07, 6.45) is 1.67. The average molecular weight is 308 g/mol. The zero-order valence-corrected chi connectivity index (χ0v) is 12.9. The quantitative estimate of drug-likeness (QED) is 0.809. The van der Waals surface area contributed by atoms with Gasteiger partial charge in [-0.3, -0.25) is 9.59 Å². The van der Waals surface area contributed by atoms with Crippen molar-refractivity contribution in [1.29, 1.82) is 0 Å². The molecule has 2 amide bonds. The third-order valence-electron chi connectivity index (χ3n) is 3.64. The number of likely N-dealkylation sites (tertiary alicyclic amines) is 1. The molecule has 1 aromatic heterocycles. The molecule has 2 rings (SSSR count). The van der Waals surface area contributed by atoms with Gasteiger partial charge in [-0.15, -0.1) is 0 Å². The topological polar surface area (TPSA) is 88.8 Å². The maximum atomic E-state index is 12.3. The van der Waals surface area contributed by atoms with Gasteiger partial charge in [-0.05, 0) is 26.0 Å². The van der Waals surface area contributed by atoms with Crippen LogP contribution in [-0.4, -0.2) is 41.9 Å². The molecule has 0 bridgehead atoms. The first-order chi connectivity index (χ1) is 10.3. The summed E-state index contributed by atoms with van der Waals surface area (Å²) in [6.45, 7) is 3.78. The number of carbonyl (C=O) groups excluding carboxylic acids is 3. The molecule has 0 radical (unpaired) electrons. The summed E-state index contributed by atoms with van der Waals surface area (Å²) in [6, 6.07) is 3.53. The number of hydrogen-bond donors (Lipinski definition) is 1. The smallest absolute Gasteiger partial charge is 0.330 e. The lowest BCUT2D eigenvalue weighted by molar-refractivity contribution is -0.149. The van der Waals surface area contributed by atoms with Crippen LogP contribution < -0.4 is 5.32 Å². The van der Waals surface area contributed by atoms with Crippen LogP contribution in [0.2, 0.25) is 0 Å². The van der Waals surface area contributed by atoms with E-state index in [1.54, 1.807) is 37.1 Å². The Balaban J connectivity index is 1.95. The minimum absolute atomic E-state index is 0.104. The van der Waals surface area contributed by atoms with Crippen LogP contribution in [0.15, 0.2) is 22.8 Å². The summed E-state index contributed by atoms with van der Waals surface area (Å²) in [7, 11) is 1.26. The molecule has 7 heteroatoms. The van der Waals surface area contributed by atoms with Gasteiger partial charge in [-0.25, -0.2) is 4.79 Å². The first-order valence-corrected chi connectivity index (χ1v) is 7.04. The lowest BCUT2D eigenvalue weighted by Gasteiger charge is -2.24. The van der Waals surface area contributed by atoms with E-state index in [-0.39, 0.29) is 18.2 Å². The number of furan rings is 1. The Morgan fingerprint density at radius 1 is 1.50 bits per heavy atom. The molecule has 22 heavy (non-hydrogen) atoms. The number of rotatable bonds is 5. The predicted octanol–water partition coefficient (Wildman–Crippen LogP) is 0.696. The van der Waals surface area contributed by atoms with E-state index in [4.69, 9.17) is 4.42 Å². The van der Waals surface area contributed by atoms with Gasteiger partial charge in [-0.1, -0.05) is 0 Å². The Morgan fingerprint density at radius 3 is 2.82 bits per heavy atom. The van der Waals surface area contributed by atoms with Gasteiger partial charge < -0.3 is 19.4 Å². The van der Waals surface area contributed by atoms with Gasteiger partial charge in [0.1, 0.15) is 11.3 Å². The van der Waals surface area contributed by atoms with Crippen molar-refractivity contribution in [3.05, 3.63) is 24.2 Å². The number of esters is 1. The zero-order chi connectivity index (χ0) is 16.3. The average Bonchev–Trinajstić information content (AvgIpc) is 3.08. The maximum Gasteiger partial charge on any atom is 0.330 e. The highest BCUT2D eigenvalue weighted by Gasteiger charge is 2.38. The van der Waals surface area contributed by atoms with Crippen LogP contribution in [0, 0.1) is 5.92 Å². The minimum Gasteiger partial charge on any atom is -0.467 e. The summed E-state index contributed by atoms with van der Waals surface area (Å²) in [5.41, 5.74) is -1.12. The van der Waals surface area contributed by atoms with E-state index in [1.165, 1.54) is 7.11 Å². The Hall–Kier alpha value is -2.31. The number of nitrogens with zero attached hydrogens (tertiary/aromatic N) is 1. The number of carbonyl (C=O) groups is 3. The number of nitrogens with one attached hydrogen (secondary N) is 1. The Labute approximate surface area is 128 Å². The van der Waals surface area contributed by atoms with E-state index >= 15 is 0 Å². The van der Waals surface area contributed by atoms with Gasteiger partial charge in [0.25, 0.3) is 0 Å². The number of ether oxygens (including phenoxy) is 1. The standard InChI is InChI=1S/C15H20N2O5/c1-15(2,14(20)21-3)16-13(19)10-7-12(18)17(8-10)9-11-5-4-6-22-11/h4-6,10H,7-9H2,1-3H3,(H,16,19). The van der Waals surface area contributed by atoms with Crippen molar-refractivity contribution in [2.24, 2.45) is 5.92 Å². The minimum atomic E-state index is -1.12. The van der Waals surface area contributed by atoms with Gasteiger partial charge >= 0.3 is 5.97 Å². The summed E-state index contributed by atoms with van der Waals surface area (Å²) < 4.78 is 9.86. The van der Waals surface area contributed by atoms with Crippen molar-refractivity contribution in [1.82, 2.24) is 10.2 Å². The molecule has 0 spiro atoms. The van der Waals surface area contributed by atoms with Gasteiger partial charge in [-0.2, -0.15) is 0 Å². The van der Waals surface area contributed by atoms with Crippen LogP contribution in [0.3, 0.4) is 0 Å². The first-order valence-electron chi connectivity index (χ1n) is 7.04. The van der Waals surface area contributed by atoms with E-state index in [2.05, 4.69) is 10.1 Å². The third-order valence-corrected chi connectivity index (χ3v) is 3.64. The molecule has 1 aliphatic rings. The molecule has 1 fully saturated rings. The second kappa shape index (κ2) is 6.21. The van der Waals surface area contributed by atoms with E-state index in [0.29, 0.717) is 18.8 Å². The van der Waals surface area contributed by atoms with Crippen molar-refractivity contribution >= 4 is 17.8 Å².